The summed E-state index contributed by atoms with van der Waals surface area (Å²) >= 11 is 3.61. The second-order valence-electron chi connectivity index (χ2n) is 12.1. The monoisotopic (exact) mass is 710 g/mol. The molecule has 0 amide bonds. The molecule has 2 aliphatic rings. The van der Waals surface area contributed by atoms with Crippen molar-refractivity contribution in [3.63, 3.8) is 0 Å². The lowest BCUT2D eigenvalue weighted by Crippen LogP contribution is -2.63. The first-order chi connectivity index (χ1) is 22.3. The van der Waals surface area contributed by atoms with E-state index in [-0.39, 0.29) is 19.6 Å². The summed E-state index contributed by atoms with van der Waals surface area (Å²) in [5.41, 5.74) is 1.77. The van der Waals surface area contributed by atoms with Crippen molar-refractivity contribution in [1.82, 2.24) is 9.80 Å². The Balaban J connectivity index is 1.67. The first-order valence-corrected chi connectivity index (χ1v) is 16.0. The molecule has 4 N–H and O–H groups in total. The Hall–Kier alpha value is -4.53. The van der Waals surface area contributed by atoms with Crippen LogP contribution in [-0.2, 0) is 36.5 Å². The number of hydrogen-bond donors (Lipinski definition) is 4. The minimum absolute atomic E-state index is 0.0532. The fraction of sp³-hybridized carbons (Fsp3) is 0.364. The number of rotatable bonds is 14. The molecule has 1 spiro atoms. The Labute approximate surface area is 278 Å². The van der Waals surface area contributed by atoms with Gasteiger partial charge < -0.3 is 30.1 Å². The van der Waals surface area contributed by atoms with E-state index in [4.69, 9.17) is 9.73 Å². The number of aliphatic imine (C=N–C) groups is 1. The van der Waals surface area contributed by atoms with E-state index in [0.717, 1.165) is 27.6 Å². The number of carboxylic acid groups (broad SMARTS) is 4. The molecule has 2 aliphatic heterocycles. The van der Waals surface area contributed by atoms with Gasteiger partial charge in [-0.2, -0.15) is 0 Å². The number of carboxylic acids is 4. The zero-order chi connectivity index (χ0) is 34.1. The Morgan fingerprint density at radius 1 is 0.851 bits per heavy atom. The largest absolute Gasteiger partial charge is 0.480 e. The molecule has 0 aliphatic carbocycles. The van der Waals surface area contributed by atoms with Gasteiger partial charge in [-0.05, 0) is 42.5 Å². The van der Waals surface area contributed by atoms with Crippen LogP contribution in [0, 0.1) is 0 Å². The van der Waals surface area contributed by atoms with Crippen LogP contribution in [0.3, 0.4) is 0 Å². The Kier molecular flexibility index (Phi) is 9.57. The predicted molar refractivity (Wildman–Crippen MR) is 177 cm³/mol. The van der Waals surface area contributed by atoms with Crippen LogP contribution in [0.25, 0.3) is 10.8 Å². The summed E-state index contributed by atoms with van der Waals surface area (Å²) in [6, 6.07) is 15.2. The van der Waals surface area contributed by atoms with E-state index in [2.05, 4.69) is 15.9 Å². The number of nitrogens with zero attached hydrogens (tertiary/aromatic N) is 4. The normalized spacial score (nSPS) is 17.6. The summed E-state index contributed by atoms with van der Waals surface area (Å²) in [5.74, 6) is -4.30. The van der Waals surface area contributed by atoms with Crippen molar-refractivity contribution in [2.24, 2.45) is 4.99 Å². The van der Waals surface area contributed by atoms with Gasteiger partial charge in [0.25, 0.3) is 0 Å². The van der Waals surface area contributed by atoms with Gasteiger partial charge in [-0.1, -0.05) is 52.3 Å². The SMILES string of the molecule is CC1(C)c2c(CBr)cccc2N(CCN(CC(=O)O)CC(=O)O)C12C=Nc1c(c(CN(CC(=O)O)CC(=O)O)cc3ccccc13)O2. The van der Waals surface area contributed by atoms with E-state index in [1.807, 2.05) is 67.3 Å². The molecular formula is C33H35BrN4O9. The van der Waals surface area contributed by atoms with Crippen molar-refractivity contribution in [3.05, 3.63) is 65.2 Å². The number of aliphatic carboxylic acids is 4. The number of halogens is 1. The van der Waals surface area contributed by atoms with Crippen molar-refractivity contribution in [3.8, 4) is 5.75 Å². The molecular weight excluding hydrogens is 676 g/mol. The number of hydrogen-bond acceptors (Lipinski definition) is 9. The van der Waals surface area contributed by atoms with Gasteiger partial charge in [0, 0.05) is 41.6 Å². The second-order valence-corrected chi connectivity index (χ2v) is 12.7. The van der Waals surface area contributed by atoms with Gasteiger partial charge in [-0.15, -0.1) is 0 Å². The number of fused-ring (bicyclic) bond motifs is 4. The zero-order valence-electron chi connectivity index (χ0n) is 25.8. The summed E-state index contributed by atoms with van der Waals surface area (Å²) in [7, 11) is 0. The van der Waals surface area contributed by atoms with Gasteiger partial charge in [0.15, 0.2) is 5.75 Å². The maximum Gasteiger partial charge on any atom is 0.317 e. The third-order valence-corrected chi connectivity index (χ3v) is 9.24. The topological polar surface area (TPSA) is 181 Å². The van der Waals surface area contributed by atoms with Gasteiger partial charge in [0.1, 0.15) is 5.69 Å². The van der Waals surface area contributed by atoms with Crippen LogP contribution < -0.4 is 9.64 Å². The van der Waals surface area contributed by atoms with Crippen LogP contribution in [0.15, 0.2) is 53.5 Å². The molecule has 248 valence electrons. The molecule has 2 heterocycles. The van der Waals surface area contributed by atoms with E-state index < -0.39 is 61.2 Å². The molecule has 5 rings (SSSR count). The van der Waals surface area contributed by atoms with Crippen LogP contribution in [0.1, 0.15) is 30.5 Å². The lowest BCUT2D eigenvalue weighted by atomic mass is 9.75. The fourth-order valence-corrected chi connectivity index (χ4v) is 7.20. The molecule has 13 nitrogen and oxygen atoms in total. The van der Waals surface area contributed by atoms with E-state index in [1.54, 1.807) is 6.21 Å². The highest BCUT2D eigenvalue weighted by atomic mass is 79.9. The molecule has 0 saturated carbocycles. The van der Waals surface area contributed by atoms with E-state index in [9.17, 15) is 39.6 Å². The predicted octanol–water partition coefficient (Wildman–Crippen LogP) is 3.77. The van der Waals surface area contributed by atoms with Crippen LogP contribution in [0.4, 0.5) is 11.4 Å². The van der Waals surface area contributed by atoms with Gasteiger partial charge >= 0.3 is 23.9 Å². The van der Waals surface area contributed by atoms with Crippen LogP contribution >= 0.6 is 15.9 Å². The lowest BCUT2D eigenvalue weighted by molar-refractivity contribution is -0.143. The van der Waals surface area contributed by atoms with Crippen LogP contribution in [0.5, 0.6) is 5.75 Å². The van der Waals surface area contributed by atoms with Crippen LogP contribution in [-0.4, -0.2) is 105 Å². The van der Waals surface area contributed by atoms with Crippen molar-refractivity contribution < 1.29 is 44.3 Å². The maximum atomic E-state index is 11.7. The van der Waals surface area contributed by atoms with Crippen molar-refractivity contribution in [1.29, 1.82) is 0 Å². The third-order valence-electron chi connectivity index (χ3n) is 8.63. The number of alkyl halides is 1. The van der Waals surface area contributed by atoms with E-state index in [1.165, 1.54) is 9.80 Å². The highest BCUT2D eigenvalue weighted by Crippen LogP contribution is 2.56. The summed E-state index contributed by atoms with van der Waals surface area (Å²) < 4.78 is 7.12. The molecule has 14 heteroatoms. The first-order valence-electron chi connectivity index (χ1n) is 14.8. The van der Waals surface area contributed by atoms with E-state index >= 15 is 0 Å². The average molecular weight is 712 g/mol. The number of benzene rings is 3. The quantitative estimate of drug-likeness (QED) is 0.178. The molecule has 0 fully saturated rings. The zero-order valence-corrected chi connectivity index (χ0v) is 27.4. The Morgan fingerprint density at radius 2 is 1.47 bits per heavy atom. The van der Waals surface area contributed by atoms with Gasteiger partial charge in [-0.3, -0.25) is 34.0 Å². The lowest BCUT2D eigenvalue weighted by Gasteiger charge is -2.47. The average Bonchev–Trinajstić information content (AvgIpc) is 3.16. The molecule has 47 heavy (non-hydrogen) atoms. The molecule has 0 saturated heterocycles. The van der Waals surface area contributed by atoms with Gasteiger partial charge in [0.2, 0.25) is 5.72 Å². The minimum Gasteiger partial charge on any atom is -0.480 e. The highest BCUT2D eigenvalue weighted by molar-refractivity contribution is 9.08. The number of carbonyl (C=O) groups is 4. The van der Waals surface area contributed by atoms with Crippen LogP contribution in [0.2, 0.25) is 0 Å². The molecule has 1 unspecified atom stereocenters. The second kappa shape index (κ2) is 13.3. The van der Waals surface area contributed by atoms with Crippen molar-refractivity contribution in [2.45, 2.75) is 36.9 Å². The summed E-state index contributed by atoms with van der Waals surface area (Å²) in [6.45, 7) is 2.27. The summed E-state index contributed by atoms with van der Waals surface area (Å²) in [6.07, 6.45) is 1.73. The number of anilines is 1. The third kappa shape index (κ3) is 6.53. The highest BCUT2D eigenvalue weighted by Gasteiger charge is 2.60. The molecule has 3 aromatic carbocycles. The first kappa shape index (κ1) is 33.8. The Morgan fingerprint density at radius 3 is 2.09 bits per heavy atom. The van der Waals surface area contributed by atoms with Gasteiger partial charge in [-0.25, -0.2) is 0 Å². The fourth-order valence-electron chi connectivity index (χ4n) is 6.73. The molecule has 0 aromatic heterocycles. The summed E-state index contributed by atoms with van der Waals surface area (Å²) in [5, 5.41) is 40.2. The smallest absolute Gasteiger partial charge is 0.317 e. The molecule has 3 aromatic rings. The minimum atomic E-state index is -1.29. The standard InChI is InChI=1S/C33H35BrN4O9/c1-32(2)29-21(13-34)7-5-9-24(29)38(11-10-36(15-25(39)40)16-26(41)42)33(32)19-35-30-23-8-4-3-6-20(23)12-22(31(30)47-33)14-37(17-27(43)44)18-28(45)46/h3-9,12,19H,10-11,13-18H2,1-2H3,(H,39,40)(H,41,42)(H,43,44)(H,45,46). The molecule has 1 atom stereocenters. The Bertz CT molecular complexity index is 1750. The van der Waals surface area contributed by atoms with E-state index in [0.29, 0.717) is 22.3 Å². The van der Waals surface area contributed by atoms with Crippen molar-refractivity contribution >= 4 is 68.2 Å². The molecule has 0 radical (unpaired) electrons. The van der Waals surface area contributed by atoms with Crippen molar-refractivity contribution in [2.75, 3.05) is 44.2 Å². The van der Waals surface area contributed by atoms with Gasteiger partial charge in [0.05, 0.1) is 37.8 Å². The maximum absolute atomic E-state index is 11.7. The molecule has 0 bridgehead atoms. The number of ether oxygens (including phenoxy) is 1. The summed E-state index contributed by atoms with van der Waals surface area (Å²) in [4.78, 5) is 56.2.